The Bertz CT molecular complexity index is 1090. The number of nitrogens with one attached hydrogen (secondary N) is 2. The van der Waals surface area contributed by atoms with Crippen LogP contribution in [0.5, 0.6) is 0 Å². The highest BCUT2D eigenvalue weighted by molar-refractivity contribution is 5.92. The quantitative estimate of drug-likeness (QED) is 0.452. The third-order valence-electron chi connectivity index (χ3n) is 5.52. The van der Waals surface area contributed by atoms with Crippen molar-refractivity contribution in [3.63, 3.8) is 0 Å². The molecule has 2 rings (SSSR count). The number of benzene rings is 2. The van der Waals surface area contributed by atoms with Gasteiger partial charge < -0.3 is 26.0 Å². The summed E-state index contributed by atoms with van der Waals surface area (Å²) in [6.45, 7) is 9.21. The fourth-order valence-electron chi connectivity index (χ4n) is 3.97. The lowest BCUT2D eigenvalue weighted by atomic mass is 9.98. The first kappa shape index (κ1) is 29.4. The molecule has 2 aromatic carbocycles. The van der Waals surface area contributed by atoms with Crippen molar-refractivity contribution >= 4 is 23.8 Å². The maximum atomic E-state index is 13.6. The minimum Gasteiger partial charge on any atom is -0.444 e. The van der Waals surface area contributed by atoms with Gasteiger partial charge in [-0.25, -0.2) is 4.79 Å². The number of likely N-dealkylation sites (N-methyl/N-ethyl adjacent to an activating group) is 1. The van der Waals surface area contributed by atoms with E-state index >= 15 is 0 Å². The zero-order valence-corrected chi connectivity index (χ0v) is 22.5. The Balaban J connectivity index is 2.36. The topological polar surface area (TPSA) is 131 Å². The van der Waals surface area contributed by atoms with Gasteiger partial charge in [0.25, 0.3) is 0 Å². The summed E-state index contributed by atoms with van der Waals surface area (Å²) >= 11 is 0. The van der Waals surface area contributed by atoms with Crippen LogP contribution in [0.3, 0.4) is 0 Å². The number of alkyl carbamates (subject to hydrolysis) is 1. The average molecular weight is 511 g/mol. The second kappa shape index (κ2) is 12.9. The number of carbonyl (C=O) groups excluding carboxylic acids is 4. The van der Waals surface area contributed by atoms with Gasteiger partial charge in [0.15, 0.2) is 0 Å². The summed E-state index contributed by atoms with van der Waals surface area (Å²) < 4.78 is 5.30. The molecule has 0 fully saturated rings. The first-order chi connectivity index (χ1) is 17.3. The number of ether oxygens (including phenoxy) is 1. The van der Waals surface area contributed by atoms with Gasteiger partial charge in [0.2, 0.25) is 17.7 Å². The Morgan fingerprint density at radius 1 is 1.00 bits per heavy atom. The first-order valence-corrected chi connectivity index (χ1v) is 12.2. The Hall–Kier alpha value is -3.88. The molecular weight excluding hydrogens is 472 g/mol. The number of rotatable bonds is 10. The summed E-state index contributed by atoms with van der Waals surface area (Å²) in [5.74, 6) is -1.54. The molecule has 0 aliphatic heterocycles. The first-order valence-electron chi connectivity index (χ1n) is 12.2. The van der Waals surface area contributed by atoms with Crippen molar-refractivity contribution in [2.45, 2.75) is 71.7 Å². The molecule has 4 N–H and O–H groups in total. The molecule has 2 atom stereocenters. The summed E-state index contributed by atoms with van der Waals surface area (Å²) in [6, 6.07) is 13.0. The number of aryl methyl sites for hydroxylation is 2. The lowest BCUT2D eigenvalue weighted by Gasteiger charge is -2.32. The van der Waals surface area contributed by atoms with E-state index in [-0.39, 0.29) is 25.3 Å². The molecule has 4 amide bonds. The molecule has 0 saturated heterocycles. The molecular formula is C28H38N4O5. The zero-order chi connectivity index (χ0) is 27.8. The molecule has 2 aromatic rings. The highest BCUT2D eigenvalue weighted by Crippen LogP contribution is 2.24. The highest BCUT2D eigenvalue weighted by Gasteiger charge is 2.34. The molecule has 0 heterocycles. The van der Waals surface area contributed by atoms with Crippen molar-refractivity contribution in [2.24, 2.45) is 5.73 Å². The van der Waals surface area contributed by atoms with E-state index in [0.29, 0.717) is 5.56 Å². The molecule has 0 aliphatic rings. The molecule has 2 unspecified atom stereocenters. The number of carbonyl (C=O) groups is 4. The van der Waals surface area contributed by atoms with Gasteiger partial charge in [-0.2, -0.15) is 0 Å². The molecule has 0 aromatic heterocycles. The van der Waals surface area contributed by atoms with Gasteiger partial charge in [-0.15, -0.1) is 0 Å². The third kappa shape index (κ3) is 9.59. The summed E-state index contributed by atoms with van der Waals surface area (Å²) in [4.78, 5) is 52.3. The predicted octanol–water partition coefficient (Wildman–Crippen LogP) is 3.28. The number of nitrogens with zero attached hydrogens (tertiary/aromatic N) is 1. The van der Waals surface area contributed by atoms with Crippen molar-refractivity contribution in [2.75, 3.05) is 7.05 Å². The van der Waals surface area contributed by atoms with Crippen molar-refractivity contribution in [1.82, 2.24) is 15.5 Å². The van der Waals surface area contributed by atoms with E-state index in [9.17, 15) is 19.2 Å². The second-order valence-corrected chi connectivity index (χ2v) is 10.2. The fraction of sp³-hybridized carbons (Fsp3) is 0.429. The summed E-state index contributed by atoms with van der Waals surface area (Å²) in [5, 5.41) is 5.46. The zero-order valence-electron chi connectivity index (χ0n) is 22.5. The molecule has 0 spiro atoms. The van der Waals surface area contributed by atoms with Crippen LogP contribution in [0.15, 0.2) is 48.5 Å². The third-order valence-corrected chi connectivity index (χ3v) is 5.52. The highest BCUT2D eigenvalue weighted by atomic mass is 16.6. The molecule has 0 bridgehead atoms. The van der Waals surface area contributed by atoms with E-state index in [0.717, 1.165) is 16.7 Å². The summed E-state index contributed by atoms with van der Waals surface area (Å²) in [6.07, 6.45) is -0.975. The summed E-state index contributed by atoms with van der Waals surface area (Å²) in [5.41, 5.74) is 7.94. The van der Waals surface area contributed by atoms with Gasteiger partial charge in [-0.05, 0) is 52.2 Å². The van der Waals surface area contributed by atoms with E-state index in [2.05, 4.69) is 10.6 Å². The number of hydrogen-bond acceptors (Lipinski definition) is 5. The van der Waals surface area contributed by atoms with Gasteiger partial charge in [0.1, 0.15) is 17.7 Å². The molecule has 9 nitrogen and oxygen atoms in total. The predicted molar refractivity (Wildman–Crippen MR) is 141 cm³/mol. The number of primary amides is 1. The Morgan fingerprint density at radius 2 is 1.59 bits per heavy atom. The lowest BCUT2D eigenvalue weighted by molar-refractivity contribution is -0.141. The van der Waals surface area contributed by atoms with Crippen LogP contribution in [0.25, 0.3) is 0 Å². The van der Waals surface area contributed by atoms with E-state index in [1.54, 1.807) is 20.8 Å². The molecule has 0 saturated carbocycles. The number of hydrogen-bond donors (Lipinski definition) is 3. The number of nitrogens with two attached hydrogens (primary N) is 1. The Morgan fingerprint density at radius 3 is 2.14 bits per heavy atom. The molecule has 0 aliphatic carbocycles. The van der Waals surface area contributed by atoms with Crippen LogP contribution in [0.4, 0.5) is 4.79 Å². The Labute approximate surface area is 218 Å². The Kier molecular flexibility index (Phi) is 10.2. The second-order valence-electron chi connectivity index (χ2n) is 10.2. The van der Waals surface area contributed by atoms with Gasteiger partial charge in [-0.1, -0.05) is 59.7 Å². The lowest BCUT2D eigenvalue weighted by Crippen LogP contribution is -2.51. The van der Waals surface area contributed by atoms with Crippen LogP contribution in [0, 0.1) is 13.8 Å². The minimum absolute atomic E-state index is 0.0387. The standard InChI is InChI=1S/C28H38N4O5/c1-18-14-19(2)16-21(15-18)24(25(34)30-17-20-10-8-7-9-11-20)32(6)26(35)22(12-13-23(29)33)31-27(36)37-28(3,4)5/h7-11,14-16,22,24H,12-13,17H2,1-6H3,(H2,29,33)(H,30,34)(H,31,36). The maximum absolute atomic E-state index is 13.6. The minimum atomic E-state index is -1.12. The normalized spacial score (nSPS) is 12.7. The van der Waals surface area contributed by atoms with Crippen molar-refractivity contribution in [1.29, 1.82) is 0 Å². The van der Waals surface area contributed by atoms with Gasteiger partial charge >= 0.3 is 6.09 Å². The largest absolute Gasteiger partial charge is 0.444 e. The van der Waals surface area contributed by atoms with E-state index in [4.69, 9.17) is 10.5 Å². The van der Waals surface area contributed by atoms with Crippen LogP contribution in [0.2, 0.25) is 0 Å². The molecule has 0 radical (unpaired) electrons. The van der Waals surface area contributed by atoms with E-state index in [1.165, 1.54) is 11.9 Å². The fourth-order valence-corrected chi connectivity index (χ4v) is 3.97. The van der Waals surface area contributed by atoms with E-state index < -0.39 is 35.6 Å². The van der Waals surface area contributed by atoms with Gasteiger partial charge in [0.05, 0.1) is 0 Å². The maximum Gasteiger partial charge on any atom is 0.408 e. The average Bonchev–Trinajstić information content (AvgIpc) is 2.78. The van der Waals surface area contributed by atoms with Gasteiger partial charge in [-0.3, -0.25) is 14.4 Å². The molecule has 200 valence electrons. The SMILES string of the molecule is Cc1cc(C)cc(C(C(=O)NCc2ccccc2)N(C)C(=O)C(CCC(N)=O)NC(=O)OC(C)(C)C)c1. The van der Waals surface area contributed by atoms with Crippen molar-refractivity contribution in [3.05, 3.63) is 70.8 Å². The molecule has 37 heavy (non-hydrogen) atoms. The van der Waals surface area contributed by atoms with E-state index in [1.807, 2.05) is 62.4 Å². The molecule has 9 heteroatoms. The summed E-state index contributed by atoms with van der Waals surface area (Å²) in [7, 11) is 1.50. The van der Waals surface area contributed by atoms with Gasteiger partial charge in [0, 0.05) is 20.0 Å². The van der Waals surface area contributed by atoms with Crippen molar-refractivity contribution in [3.8, 4) is 0 Å². The van der Waals surface area contributed by atoms with Crippen molar-refractivity contribution < 1.29 is 23.9 Å². The smallest absolute Gasteiger partial charge is 0.408 e. The number of amides is 4. The van der Waals surface area contributed by atoms with Crippen LogP contribution < -0.4 is 16.4 Å². The van der Waals surface area contributed by atoms with Crippen LogP contribution >= 0.6 is 0 Å². The van der Waals surface area contributed by atoms with Crippen LogP contribution in [-0.2, 0) is 25.7 Å². The van der Waals surface area contributed by atoms with Crippen LogP contribution in [-0.4, -0.2) is 47.4 Å². The van der Waals surface area contributed by atoms with Crippen LogP contribution in [0.1, 0.15) is 61.9 Å². The monoisotopic (exact) mass is 510 g/mol.